The van der Waals surface area contributed by atoms with Gasteiger partial charge in [0.2, 0.25) is 10.0 Å². The second-order valence-corrected chi connectivity index (χ2v) is 6.05. The molecule has 0 aliphatic rings. The van der Waals surface area contributed by atoms with E-state index < -0.39 is 29.1 Å². The molecule has 0 heterocycles. The highest BCUT2D eigenvalue weighted by atomic mass is 32.2. The van der Waals surface area contributed by atoms with E-state index in [9.17, 15) is 17.2 Å². The molecule has 5 nitrogen and oxygen atoms in total. The summed E-state index contributed by atoms with van der Waals surface area (Å²) in [6.07, 6.45) is 0. The van der Waals surface area contributed by atoms with Crippen molar-refractivity contribution < 1.29 is 22.3 Å². The number of aryl methyl sites for hydroxylation is 2. The Hall–Kier alpha value is -1.25. The van der Waals surface area contributed by atoms with Gasteiger partial charge in [0, 0.05) is 0 Å². The standard InChI is InChI=1S/C11H16F2N2O3S/c1-7-3-9(14)10(4-8(7)2)19(17,18)15-5-11(12,13)6-16/h3-4,15-16H,5-6,14H2,1-2H3. The molecule has 0 aliphatic heterocycles. The molecule has 0 aromatic heterocycles. The number of aliphatic hydroxyl groups excluding tert-OH is 1. The fourth-order valence-corrected chi connectivity index (χ4v) is 2.64. The summed E-state index contributed by atoms with van der Waals surface area (Å²) in [6.45, 7) is 0.835. The molecular weight excluding hydrogens is 278 g/mol. The second kappa shape index (κ2) is 5.40. The van der Waals surface area contributed by atoms with Gasteiger partial charge < -0.3 is 10.8 Å². The number of nitrogens with one attached hydrogen (secondary N) is 1. The van der Waals surface area contributed by atoms with E-state index in [1.807, 2.05) is 0 Å². The normalized spacial score (nSPS) is 12.7. The fraction of sp³-hybridized carbons (Fsp3) is 0.455. The van der Waals surface area contributed by atoms with Crippen LogP contribution in [0.4, 0.5) is 14.5 Å². The Bertz CT molecular complexity index is 574. The molecule has 0 amide bonds. The Kier molecular flexibility index (Phi) is 4.49. The van der Waals surface area contributed by atoms with Gasteiger partial charge >= 0.3 is 0 Å². The Balaban J connectivity index is 3.05. The van der Waals surface area contributed by atoms with Gasteiger partial charge in [-0.15, -0.1) is 0 Å². The van der Waals surface area contributed by atoms with Crippen molar-refractivity contribution in [2.24, 2.45) is 0 Å². The fourth-order valence-electron chi connectivity index (χ4n) is 1.38. The van der Waals surface area contributed by atoms with Crippen molar-refractivity contribution in [3.63, 3.8) is 0 Å². The van der Waals surface area contributed by atoms with Crippen LogP contribution in [-0.4, -0.2) is 32.6 Å². The Morgan fingerprint density at radius 1 is 1.32 bits per heavy atom. The molecule has 0 radical (unpaired) electrons. The van der Waals surface area contributed by atoms with Gasteiger partial charge in [0.25, 0.3) is 5.92 Å². The highest BCUT2D eigenvalue weighted by Gasteiger charge is 2.30. The van der Waals surface area contributed by atoms with Gasteiger partial charge in [-0.2, -0.15) is 0 Å². The molecule has 4 N–H and O–H groups in total. The first-order valence-corrected chi connectivity index (χ1v) is 6.92. The van der Waals surface area contributed by atoms with Crippen LogP contribution in [0, 0.1) is 13.8 Å². The van der Waals surface area contributed by atoms with Crippen LogP contribution in [0.3, 0.4) is 0 Å². The minimum absolute atomic E-state index is 0.0112. The molecule has 0 spiro atoms. The van der Waals surface area contributed by atoms with E-state index in [0.29, 0.717) is 5.56 Å². The number of rotatable bonds is 5. The topological polar surface area (TPSA) is 92.4 Å². The van der Waals surface area contributed by atoms with E-state index in [0.717, 1.165) is 5.56 Å². The van der Waals surface area contributed by atoms with Crippen molar-refractivity contribution in [3.05, 3.63) is 23.3 Å². The number of alkyl halides is 2. The first kappa shape index (κ1) is 15.8. The summed E-state index contributed by atoms with van der Waals surface area (Å²) < 4.78 is 51.2. The van der Waals surface area contributed by atoms with Gasteiger partial charge in [-0.25, -0.2) is 21.9 Å². The third-order valence-electron chi connectivity index (χ3n) is 2.67. The predicted molar refractivity (Wildman–Crippen MR) is 67.5 cm³/mol. The summed E-state index contributed by atoms with van der Waals surface area (Å²) in [6, 6.07) is 2.79. The molecule has 0 bridgehead atoms. The van der Waals surface area contributed by atoms with E-state index in [2.05, 4.69) is 0 Å². The average molecular weight is 294 g/mol. The van der Waals surface area contributed by atoms with Crippen molar-refractivity contribution in [2.45, 2.75) is 24.7 Å². The zero-order valence-electron chi connectivity index (χ0n) is 10.6. The van der Waals surface area contributed by atoms with E-state index in [4.69, 9.17) is 10.8 Å². The predicted octanol–water partition coefficient (Wildman–Crippen LogP) is 0.792. The van der Waals surface area contributed by atoms with Crippen LogP contribution in [0.25, 0.3) is 0 Å². The molecule has 0 atom stereocenters. The summed E-state index contributed by atoms with van der Waals surface area (Å²) in [7, 11) is -4.14. The molecule has 0 saturated heterocycles. The number of hydrogen-bond acceptors (Lipinski definition) is 4. The third kappa shape index (κ3) is 3.85. The summed E-state index contributed by atoms with van der Waals surface area (Å²) >= 11 is 0. The molecule has 8 heteroatoms. The Morgan fingerprint density at radius 2 is 1.84 bits per heavy atom. The molecule has 0 aliphatic carbocycles. The lowest BCUT2D eigenvalue weighted by Gasteiger charge is -2.15. The highest BCUT2D eigenvalue weighted by Crippen LogP contribution is 2.23. The number of nitrogen functional groups attached to an aromatic ring is 1. The molecule has 1 rings (SSSR count). The lowest BCUT2D eigenvalue weighted by atomic mass is 10.1. The Morgan fingerprint density at radius 3 is 2.37 bits per heavy atom. The van der Waals surface area contributed by atoms with E-state index >= 15 is 0 Å². The van der Waals surface area contributed by atoms with Crippen LogP contribution < -0.4 is 10.5 Å². The number of aliphatic hydroxyl groups is 1. The van der Waals surface area contributed by atoms with Gasteiger partial charge in [0.1, 0.15) is 11.5 Å². The SMILES string of the molecule is Cc1cc(N)c(S(=O)(=O)NCC(F)(F)CO)cc1C. The zero-order chi connectivity index (χ0) is 14.8. The number of anilines is 1. The maximum Gasteiger partial charge on any atom is 0.283 e. The van der Waals surface area contributed by atoms with Gasteiger partial charge in [-0.1, -0.05) is 0 Å². The smallest absolute Gasteiger partial charge is 0.283 e. The van der Waals surface area contributed by atoms with E-state index in [1.54, 1.807) is 18.6 Å². The van der Waals surface area contributed by atoms with Crippen molar-refractivity contribution >= 4 is 15.7 Å². The van der Waals surface area contributed by atoms with Gasteiger partial charge in [-0.05, 0) is 37.1 Å². The first-order chi connectivity index (χ1) is 8.59. The number of benzene rings is 1. The first-order valence-electron chi connectivity index (χ1n) is 5.44. The maximum atomic E-state index is 12.8. The molecule has 19 heavy (non-hydrogen) atoms. The van der Waals surface area contributed by atoms with Crippen LogP contribution in [0.2, 0.25) is 0 Å². The summed E-state index contributed by atoms with van der Waals surface area (Å²) in [5.41, 5.74) is 7.07. The lowest BCUT2D eigenvalue weighted by molar-refractivity contribution is -0.0437. The quantitative estimate of drug-likeness (QED) is 0.700. The van der Waals surface area contributed by atoms with E-state index in [1.165, 1.54) is 12.1 Å². The van der Waals surface area contributed by atoms with Crippen LogP contribution in [0.15, 0.2) is 17.0 Å². The zero-order valence-corrected chi connectivity index (χ0v) is 11.4. The highest BCUT2D eigenvalue weighted by molar-refractivity contribution is 7.89. The minimum atomic E-state index is -4.14. The summed E-state index contributed by atoms with van der Waals surface area (Å²) in [5.74, 6) is -3.51. The maximum absolute atomic E-state index is 12.8. The monoisotopic (exact) mass is 294 g/mol. The van der Waals surface area contributed by atoms with Crippen molar-refractivity contribution in [1.29, 1.82) is 0 Å². The van der Waals surface area contributed by atoms with Crippen molar-refractivity contribution in [3.8, 4) is 0 Å². The number of nitrogens with two attached hydrogens (primary N) is 1. The summed E-state index contributed by atoms with van der Waals surface area (Å²) in [4.78, 5) is -0.246. The average Bonchev–Trinajstić information content (AvgIpc) is 2.31. The van der Waals surface area contributed by atoms with Crippen LogP contribution in [0.1, 0.15) is 11.1 Å². The van der Waals surface area contributed by atoms with Crippen molar-refractivity contribution in [1.82, 2.24) is 4.72 Å². The van der Waals surface area contributed by atoms with Crippen LogP contribution in [-0.2, 0) is 10.0 Å². The van der Waals surface area contributed by atoms with E-state index in [-0.39, 0.29) is 10.6 Å². The molecule has 1 aromatic carbocycles. The van der Waals surface area contributed by atoms with Gasteiger partial charge in [0.05, 0.1) is 12.2 Å². The van der Waals surface area contributed by atoms with Crippen LogP contribution >= 0.6 is 0 Å². The number of sulfonamides is 1. The van der Waals surface area contributed by atoms with Crippen molar-refractivity contribution in [2.75, 3.05) is 18.9 Å². The van der Waals surface area contributed by atoms with Gasteiger partial charge in [0.15, 0.2) is 0 Å². The molecule has 0 saturated carbocycles. The lowest BCUT2D eigenvalue weighted by Crippen LogP contribution is -2.39. The van der Waals surface area contributed by atoms with Crippen LogP contribution in [0.5, 0.6) is 0 Å². The second-order valence-electron chi connectivity index (χ2n) is 4.31. The largest absolute Gasteiger partial charge is 0.398 e. The number of halogens is 2. The van der Waals surface area contributed by atoms with Gasteiger partial charge in [-0.3, -0.25) is 0 Å². The minimum Gasteiger partial charge on any atom is -0.398 e. The molecular formula is C11H16F2N2O3S. The Labute approximate surface area is 110 Å². The summed E-state index contributed by atoms with van der Waals surface area (Å²) in [5, 5.41) is 8.39. The molecule has 0 unspecified atom stereocenters. The molecule has 0 fully saturated rings. The third-order valence-corrected chi connectivity index (χ3v) is 4.12. The number of hydrogen-bond donors (Lipinski definition) is 3. The molecule has 1 aromatic rings. The molecule has 108 valence electrons.